The summed E-state index contributed by atoms with van der Waals surface area (Å²) in [5.74, 6) is -1.36. The first-order chi connectivity index (χ1) is 14.4. The summed E-state index contributed by atoms with van der Waals surface area (Å²) in [5.41, 5.74) is 0.529. The minimum atomic E-state index is -0.749. The lowest BCUT2D eigenvalue weighted by molar-refractivity contribution is -0.143. The third kappa shape index (κ3) is 6.34. The molecule has 162 valence electrons. The van der Waals surface area contributed by atoms with Crippen molar-refractivity contribution in [1.29, 1.82) is 0 Å². The van der Waals surface area contributed by atoms with Crippen molar-refractivity contribution in [3.05, 3.63) is 63.9 Å². The first kappa shape index (κ1) is 24.0. The highest BCUT2D eigenvalue weighted by molar-refractivity contribution is 6.36. The number of carbonyl (C=O) groups is 2. The van der Waals surface area contributed by atoms with E-state index in [0.717, 1.165) is 6.42 Å². The summed E-state index contributed by atoms with van der Waals surface area (Å²) in [4.78, 5) is 27.1. The lowest BCUT2D eigenvalue weighted by atomic mass is 10.1. The number of hydrogen-bond donors (Lipinski definition) is 1. The first-order valence-electron chi connectivity index (χ1n) is 9.76. The van der Waals surface area contributed by atoms with Crippen molar-refractivity contribution in [2.45, 2.75) is 39.3 Å². The van der Waals surface area contributed by atoms with Crippen LogP contribution in [0.25, 0.3) is 0 Å². The van der Waals surface area contributed by atoms with Gasteiger partial charge in [-0.25, -0.2) is 4.39 Å². The van der Waals surface area contributed by atoms with Crippen LogP contribution in [0.5, 0.6) is 5.75 Å². The number of carbonyl (C=O) groups excluding carboxylic acids is 2. The van der Waals surface area contributed by atoms with E-state index in [2.05, 4.69) is 5.32 Å². The van der Waals surface area contributed by atoms with Crippen molar-refractivity contribution in [3.63, 3.8) is 0 Å². The number of ether oxygens (including phenoxy) is 1. The Balaban J connectivity index is 2.27. The fraction of sp³-hybridized carbons (Fsp3) is 0.364. The highest BCUT2D eigenvalue weighted by Gasteiger charge is 2.30. The molecule has 1 N–H and O–H groups in total. The van der Waals surface area contributed by atoms with Crippen LogP contribution < -0.4 is 10.1 Å². The van der Waals surface area contributed by atoms with Gasteiger partial charge in [0, 0.05) is 28.7 Å². The van der Waals surface area contributed by atoms with E-state index in [1.54, 1.807) is 24.3 Å². The van der Waals surface area contributed by atoms with Gasteiger partial charge in [0.25, 0.3) is 5.91 Å². The van der Waals surface area contributed by atoms with Gasteiger partial charge >= 0.3 is 0 Å². The normalized spacial score (nSPS) is 11.6. The Bertz CT molecular complexity index is 859. The SMILES string of the molecule is CCCNC(=O)[C@H](CC)N(Cc1c(Cl)cccc1Cl)C(=O)COc1ccccc1F. The molecule has 0 aromatic heterocycles. The van der Waals surface area contributed by atoms with Crippen LogP contribution in [0.3, 0.4) is 0 Å². The zero-order valence-electron chi connectivity index (χ0n) is 17.0. The maximum Gasteiger partial charge on any atom is 0.261 e. The lowest BCUT2D eigenvalue weighted by Gasteiger charge is -2.31. The Labute approximate surface area is 186 Å². The number of nitrogens with zero attached hydrogens (tertiary/aromatic N) is 1. The van der Waals surface area contributed by atoms with Crippen LogP contribution in [0.15, 0.2) is 42.5 Å². The largest absolute Gasteiger partial charge is 0.481 e. The van der Waals surface area contributed by atoms with E-state index >= 15 is 0 Å². The van der Waals surface area contributed by atoms with Crippen LogP contribution in [0.2, 0.25) is 10.0 Å². The summed E-state index contributed by atoms with van der Waals surface area (Å²) in [5, 5.41) is 3.59. The molecule has 8 heteroatoms. The van der Waals surface area contributed by atoms with E-state index in [1.165, 1.54) is 23.1 Å². The quantitative estimate of drug-likeness (QED) is 0.558. The van der Waals surface area contributed by atoms with Crippen LogP contribution in [-0.2, 0) is 16.1 Å². The van der Waals surface area contributed by atoms with Crippen molar-refractivity contribution in [2.24, 2.45) is 0 Å². The fourth-order valence-electron chi connectivity index (χ4n) is 2.92. The van der Waals surface area contributed by atoms with Crippen molar-refractivity contribution >= 4 is 35.0 Å². The van der Waals surface area contributed by atoms with E-state index in [0.29, 0.717) is 28.6 Å². The van der Waals surface area contributed by atoms with E-state index < -0.39 is 24.4 Å². The van der Waals surface area contributed by atoms with Gasteiger partial charge in [0.1, 0.15) is 6.04 Å². The molecule has 0 spiro atoms. The molecule has 2 rings (SSSR count). The van der Waals surface area contributed by atoms with Gasteiger partial charge in [-0.2, -0.15) is 0 Å². The van der Waals surface area contributed by atoms with Gasteiger partial charge in [-0.1, -0.05) is 55.2 Å². The molecule has 2 aromatic rings. The van der Waals surface area contributed by atoms with Crippen molar-refractivity contribution in [1.82, 2.24) is 10.2 Å². The predicted octanol–water partition coefficient (Wildman–Crippen LogP) is 4.84. The molecule has 0 fully saturated rings. The molecule has 0 unspecified atom stereocenters. The summed E-state index contributed by atoms with van der Waals surface area (Å²) in [7, 11) is 0. The van der Waals surface area contributed by atoms with Crippen LogP contribution in [0.1, 0.15) is 32.3 Å². The Morgan fingerprint density at radius 2 is 1.77 bits per heavy atom. The van der Waals surface area contributed by atoms with E-state index in [9.17, 15) is 14.0 Å². The fourth-order valence-corrected chi connectivity index (χ4v) is 3.44. The van der Waals surface area contributed by atoms with Crippen molar-refractivity contribution in [2.75, 3.05) is 13.2 Å². The third-order valence-electron chi connectivity index (χ3n) is 4.51. The molecule has 1 atom stereocenters. The second-order valence-corrected chi connectivity index (χ2v) is 7.47. The number of rotatable bonds is 10. The van der Waals surface area contributed by atoms with Gasteiger partial charge in [-0.15, -0.1) is 0 Å². The molecule has 0 aliphatic heterocycles. The lowest BCUT2D eigenvalue weighted by Crippen LogP contribution is -2.50. The summed E-state index contributed by atoms with van der Waals surface area (Å²) < 4.78 is 19.2. The molecule has 2 amide bonds. The first-order valence-corrected chi connectivity index (χ1v) is 10.5. The minimum Gasteiger partial charge on any atom is -0.481 e. The Kier molecular flexibility index (Phi) is 9.40. The molecular weight excluding hydrogens is 430 g/mol. The monoisotopic (exact) mass is 454 g/mol. The molecule has 2 aromatic carbocycles. The number of para-hydroxylation sites is 1. The second-order valence-electron chi connectivity index (χ2n) is 6.66. The third-order valence-corrected chi connectivity index (χ3v) is 5.22. The summed E-state index contributed by atoms with van der Waals surface area (Å²) in [6.45, 7) is 3.84. The standard InChI is InChI=1S/C22H25Cl2FN2O3/c1-3-12-26-22(29)19(4-2)27(13-15-16(23)8-7-9-17(15)24)21(28)14-30-20-11-6-5-10-18(20)25/h5-11,19H,3-4,12-14H2,1-2H3,(H,26,29)/t19-/m0/s1. The summed E-state index contributed by atoms with van der Waals surface area (Å²) in [6, 6.07) is 10.1. The number of amides is 2. The molecule has 0 saturated carbocycles. The Morgan fingerprint density at radius 3 is 2.37 bits per heavy atom. The maximum atomic E-state index is 13.8. The van der Waals surface area contributed by atoms with E-state index in [1.807, 2.05) is 13.8 Å². The molecule has 30 heavy (non-hydrogen) atoms. The summed E-state index contributed by atoms with van der Waals surface area (Å²) >= 11 is 12.6. The van der Waals surface area contributed by atoms with Crippen LogP contribution in [0, 0.1) is 5.82 Å². The van der Waals surface area contributed by atoms with E-state index in [4.69, 9.17) is 27.9 Å². The van der Waals surface area contributed by atoms with Crippen LogP contribution >= 0.6 is 23.2 Å². The molecular formula is C22H25Cl2FN2O3. The van der Waals surface area contributed by atoms with Crippen LogP contribution in [-0.4, -0.2) is 35.9 Å². The molecule has 0 aliphatic rings. The Hall–Kier alpha value is -2.31. The van der Waals surface area contributed by atoms with Gasteiger partial charge in [-0.3, -0.25) is 9.59 Å². The van der Waals surface area contributed by atoms with Crippen LogP contribution in [0.4, 0.5) is 4.39 Å². The average molecular weight is 455 g/mol. The van der Waals surface area contributed by atoms with Gasteiger partial charge in [0.15, 0.2) is 18.2 Å². The number of benzene rings is 2. The second kappa shape index (κ2) is 11.8. The minimum absolute atomic E-state index is 0.0238. The molecule has 0 radical (unpaired) electrons. The number of hydrogen-bond acceptors (Lipinski definition) is 3. The number of halogens is 3. The van der Waals surface area contributed by atoms with Gasteiger partial charge < -0.3 is 15.0 Å². The zero-order valence-corrected chi connectivity index (χ0v) is 18.5. The Morgan fingerprint density at radius 1 is 1.10 bits per heavy atom. The molecule has 0 saturated heterocycles. The highest BCUT2D eigenvalue weighted by Crippen LogP contribution is 2.27. The molecule has 0 bridgehead atoms. The van der Waals surface area contributed by atoms with Crippen molar-refractivity contribution < 1.29 is 18.7 Å². The predicted molar refractivity (Wildman–Crippen MR) is 116 cm³/mol. The molecule has 5 nitrogen and oxygen atoms in total. The van der Waals surface area contributed by atoms with Crippen molar-refractivity contribution in [3.8, 4) is 5.75 Å². The van der Waals surface area contributed by atoms with Gasteiger partial charge in [-0.05, 0) is 37.1 Å². The summed E-state index contributed by atoms with van der Waals surface area (Å²) in [6.07, 6.45) is 1.14. The van der Waals surface area contributed by atoms with E-state index in [-0.39, 0.29) is 18.2 Å². The number of nitrogens with one attached hydrogen (secondary N) is 1. The average Bonchev–Trinajstić information content (AvgIpc) is 2.73. The smallest absolute Gasteiger partial charge is 0.261 e. The zero-order chi connectivity index (χ0) is 22.1. The van der Waals surface area contributed by atoms with Gasteiger partial charge in [0.05, 0.1) is 0 Å². The molecule has 0 aliphatic carbocycles. The highest BCUT2D eigenvalue weighted by atomic mass is 35.5. The topological polar surface area (TPSA) is 58.6 Å². The molecule has 0 heterocycles. The van der Waals surface area contributed by atoms with Gasteiger partial charge in [0.2, 0.25) is 5.91 Å². The maximum absolute atomic E-state index is 13.8.